The number of aromatic nitrogens is 4. The van der Waals surface area contributed by atoms with Crippen LogP contribution in [-0.2, 0) is 16.4 Å². The summed E-state index contributed by atoms with van der Waals surface area (Å²) in [5.41, 5.74) is 12.4. The maximum Gasteiger partial charge on any atom is 0.232 e. The van der Waals surface area contributed by atoms with Gasteiger partial charge in [-0.15, -0.1) is 0 Å². The van der Waals surface area contributed by atoms with E-state index in [9.17, 15) is 8.42 Å². The molecule has 4 N–H and O–H groups in total. The zero-order valence-corrected chi connectivity index (χ0v) is 26.6. The summed E-state index contributed by atoms with van der Waals surface area (Å²) in [5, 5.41) is 6.66. The van der Waals surface area contributed by atoms with Gasteiger partial charge in [0.05, 0.1) is 30.3 Å². The molecule has 1 fully saturated rings. The summed E-state index contributed by atoms with van der Waals surface area (Å²) in [6, 6.07) is 7.91. The van der Waals surface area contributed by atoms with Crippen LogP contribution in [0.3, 0.4) is 0 Å². The van der Waals surface area contributed by atoms with Gasteiger partial charge in [-0.25, -0.2) is 13.4 Å². The summed E-state index contributed by atoms with van der Waals surface area (Å²) in [5.74, 6) is 1.44. The molecule has 0 spiro atoms. The molecule has 2 aromatic heterocycles. The van der Waals surface area contributed by atoms with Crippen molar-refractivity contribution in [2.24, 2.45) is 5.73 Å². The largest absolute Gasteiger partial charge is 0.494 e. The first-order chi connectivity index (χ1) is 21.0. The van der Waals surface area contributed by atoms with Gasteiger partial charge in [0.1, 0.15) is 22.8 Å². The van der Waals surface area contributed by atoms with Crippen LogP contribution in [0.5, 0.6) is 5.75 Å². The lowest BCUT2D eigenvalue weighted by molar-refractivity contribution is 0.416. The second-order valence-corrected chi connectivity index (χ2v) is 13.0. The van der Waals surface area contributed by atoms with Crippen LogP contribution in [0.15, 0.2) is 49.4 Å². The first kappa shape index (κ1) is 31.0. The Bertz CT molecular complexity index is 1810. The number of hydrogen-bond donors (Lipinski definition) is 3. The van der Waals surface area contributed by atoms with E-state index in [0.29, 0.717) is 45.5 Å². The highest BCUT2D eigenvalue weighted by Crippen LogP contribution is 2.38. The number of aryl methyl sites for hydroxylation is 1. The van der Waals surface area contributed by atoms with Crippen molar-refractivity contribution in [1.82, 2.24) is 19.9 Å². The lowest BCUT2D eigenvalue weighted by Crippen LogP contribution is -2.40. The first-order valence-corrected chi connectivity index (χ1v) is 16.3. The summed E-state index contributed by atoms with van der Waals surface area (Å²) in [6.07, 6.45) is 8.65. The fourth-order valence-corrected chi connectivity index (χ4v) is 5.82. The summed E-state index contributed by atoms with van der Waals surface area (Å²) in [7, 11) is -0.503. The van der Waals surface area contributed by atoms with Gasteiger partial charge in [-0.2, -0.15) is 4.98 Å². The van der Waals surface area contributed by atoms with Crippen molar-refractivity contribution in [2.75, 3.05) is 53.3 Å². The molecule has 44 heavy (non-hydrogen) atoms. The molecule has 232 valence electrons. The molecule has 3 heterocycles. The Morgan fingerprint density at radius 3 is 2.52 bits per heavy atom. The third kappa shape index (κ3) is 6.38. The third-order valence-corrected chi connectivity index (χ3v) is 9.01. The molecular formula is C31H39N9O3S. The van der Waals surface area contributed by atoms with Gasteiger partial charge >= 0.3 is 0 Å². The van der Waals surface area contributed by atoms with E-state index < -0.39 is 10.0 Å². The quantitative estimate of drug-likeness (QED) is 0.224. The Morgan fingerprint density at radius 1 is 1.14 bits per heavy atom. The van der Waals surface area contributed by atoms with Crippen LogP contribution in [0.2, 0.25) is 0 Å². The van der Waals surface area contributed by atoms with Crippen molar-refractivity contribution < 1.29 is 13.2 Å². The molecule has 13 heteroatoms. The number of sulfonamides is 1. The number of nitrogens with one attached hydrogen (secondary N) is 2. The Balaban J connectivity index is 1.54. The molecule has 1 aliphatic rings. The average molecular weight is 618 g/mol. The molecule has 0 amide bonds. The number of nitrogens with two attached hydrogens (primary N) is 1. The highest BCUT2D eigenvalue weighted by molar-refractivity contribution is 7.92. The number of anilines is 6. The van der Waals surface area contributed by atoms with Gasteiger partial charge in [0, 0.05) is 62.1 Å². The van der Waals surface area contributed by atoms with Crippen LogP contribution < -0.4 is 30.3 Å². The second-order valence-electron chi connectivity index (χ2n) is 11.0. The smallest absolute Gasteiger partial charge is 0.232 e. The van der Waals surface area contributed by atoms with Crippen LogP contribution in [0.4, 0.5) is 34.5 Å². The standard InChI is InChI=1S/C31H39N9O3S/c1-7-20-16-25(27(43-5)17-26(20)40-14-10-21(32)11-15-40)37-31-35-18-22(19(2)3)30(38-31)36-24-9-8-23-28(34-13-12-33-23)29(24)39(4)44(6,41)42/h8-9,12-13,16-18,21H,2,7,10-11,14-15,32H2,1,3-6H3,(H2,35,36,37,38). The van der Waals surface area contributed by atoms with Gasteiger partial charge in [-0.3, -0.25) is 14.3 Å². The molecule has 12 nitrogen and oxygen atoms in total. The summed E-state index contributed by atoms with van der Waals surface area (Å²) < 4.78 is 32.3. The van der Waals surface area contributed by atoms with Crippen LogP contribution in [0.1, 0.15) is 37.8 Å². The number of ether oxygens (including phenoxy) is 1. The number of rotatable bonds is 10. The lowest BCUT2D eigenvalue weighted by atomic mass is 10.0. The van der Waals surface area contributed by atoms with Crippen molar-refractivity contribution in [3.8, 4) is 5.75 Å². The number of hydrogen-bond acceptors (Lipinski definition) is 11. The monoisotopic (exact) mass is 617 g/mol. The maximum atomic E-state index is 12.6. The minimum Gasteiger partial charge on any atom is -0.494 e. The minimum absolute atomic E-state index is 0.242. The Labute approximate surface area is 258 Å². The summed E-state index contributed by atoms with van der Waals surface area (Å²) >= 11 is 0. The molecule has 0 saturated carbocycles. The Hall–Kier alpha value is -4.49. The minimum atomic E-state index is -3.63. The number of allylic oxidation sites excluding steroid dienone is 1. The van der Waals surface area contributed by atoms with E-state index in [1.165, 1.54) is 23.1 Å². The number of nitrogens with zero attached hydrogens (tertiary/aromatic N) is 6. The second kappa shape index (κ2) is 12.6. The number of benzene rings is 2. The average Bonchev–Trinajstić information content (AvgIpc) is 3.00. The highest BCUT2D eigenvalue weighted by atomic mass is 32.2. The molecule has 1 aliphatic heterocycles. The van der Waals surface area contributed by atoms with Crippen LogP contribution in [0, 0.1) is 0 Å². The third-order valence-electron chi connectivity index (χ3n) is 7.84. The fraction of sp³-hybridized carbons (Fsp3) is 0.355. The van der Waals surface area contributed by atoms with Gasteiger partial charge in [0.25, 0.3) is 0 Å². The van der Waals surface area contributed by atoms with E-state index in [4.69, 9.17) is 15.5 Å². The van der Waals surface area contributed by atoms with Crippen molar-refractivity contribution in [3.63, 3.8) is 0 Å². The predicted octanol–water partition coefficient (Wildman–Crippen LogP) is 4.83. The predicted molar refractivity (Wildman–Crippen MR) is 178 cm³/mol. The van der Waals surface area contributed by atoms with Gasteiger partial charge in [-0.05, 0) is 55.5 Å². The van der Waals surface area contributed by atoms with Gasteiger partial charge in [-0.1, -0.05) is 13.5 Å². The van der Waals surface area contributed by atoms with Crippen LogP contribution in [0.25, 0.3) is 16.6 Å². The van der Waals surface area contributed by atoms with Crippen molar-refractivity contribution >= 4 is 61.1 Å². The maximum absolute atomic E-state index is 12.6. The molecule has 0 radical (unpaired) electrons. The summed E-state index contributed by atoms with van der Waals surface area (Å²) in [4.78, 5) is 20.5. The van der Waals surface area contributed by atoms with E-state index in [0.717, 1.165) is 55.6 Å². The molecule has 0 bridgehead atoms. The molecule has 4 aromatic rings. The van der Waals surface area contributed by atoms with Gasteiger partial charge in [0.2, 0.25) is 16.0 Å². The van der Waals surface area contributed by atoms with E-state index in [1.807, 2.05) is 6.92 Å². The summed E-state index contributed by atoms with van der Waals surface area (Å²) in [6.45, 7) is 9.89. The molecule has 0 aliphatic carbocycles. The van der Waals surface area contributed by atoms with Crippen LogP contribution in [-0.4, -0.2) is 67.9 Å². The molecular weight excluding hydrogens is 578 g/mol. The van der Waals surface area contributed by atoms with E-state index in [1.54, 1.807) is 31.6 Å². The molecule has 2 aromatic carbocycles. The Morgan fingerprint density at radius 2 is 1.86 bits per heavy atom. The molecule has 0 unspecified atom stereocenters. The Kier molecular flexibility index (Phi) is 8.88. The zero-order chi connectivity index (χ0) is 31.6. The van der Waals surface area contributed by atoms with Crippen LogP contribution >= 0.6 is 0 Å². The highest BCUT2D eigenvalue weighted by Gasteiger charge is 2.23. The van der Waals surface area contributed by atoms with Gasteiger partial charge < -0.3 is 26.0 Å². The number of methoxy groups -OCH3 is 1. The van der Waals surface area contributed by atoms with E-state index in [2.05, 4.69) is 56.1 Å². The van der Waals surface area contributed by atoms with Crippen molar-refractivity contribution in [3.05, 3.63) is 60.6 Å². The first-order valence-electron chi connectivity index (χ1n) is 14.5. The topological polar surface area (TPSA) is 151 Å². The number of fused-ring (bicyclic) bond motifs is 1. The van der Waals surface area contributed by atoms with Crippen molar-refractivity contribution in [2.45, 2.75) is 39.2 Å². The fourth-order valence-electron chi connectivity index (χ4n) is 5.30. The van der Waals surface area contributed by atoms with E-state index in [-0.39, 0.29) is 6.04 Å². The SMILES string of the molecule is C=C(C)c1cnc(Nc2cc(CC)c(N3CCC(N)CC3)cc2OC)nc1Nc1ccc2nccnc2c1N(C)S(C)(=O)=O. The van der Waals surface area contributed by atoms with Gasteiger partial charge in [0.15, 0.2) is 0 Å². The lowest BCUT2D eigenvalue weighted by Gasteiger charge is -2.34. The van der Waals surface area contributed by atoms with E-state index >= 15 is 0 Å². The molecule has 1 saturated heterocycles. The molecule has 0 atom stereocenters. The van der Waals surface area contributed by atoms with Crippen molar-refractivity contribution in [1.29, 1.82) is 0 Å². The zero-order valence-electron chi connectivity index (χ0n) is 25.8. The number of piperidine rings is 1. The normalized spacial score (nSPS) is 14.0. The molecule has 5 rings (SSSR count).